The van der Waals surface area contributed by atoms with E-state index in [1.165, 1.54) is 0 Å². The van der Waals surface area contributed by atoms with Gasteiger partial charge in [-0.05, 0) is 69.5 Å². The number of ether oxygens (including phenoxy) is 2. The first-order valence-corrected chi connectivity index (χ1v) is 16.4. The first-order valence-electron chi connectivity index (χ1n) is 16.4. The minimum absolute atomic E-state index is 0.288. The zero-order valence-electron chi connectivity index (χ0n) is 26.4. The Morgan fingerprint density at radius 2 is 0.787 bits per heavy atom. The molecular formula is C43H36O4. The molecule has 4 nitrogen and oxygen atoms in total. The Bertz CT molecular complexity index is 1900. The normalized spacial score (nSPS) is 29.7. The van der Waals surface area contributed by atoms with Gasteiger partial charge in [0, 0.05) is 11.8 Å². The fourth-order valence-corrected chi connectivity index (χ4v) is 8.68. The van der Waals surface area contributed by atoms with E-state index in [1.54, 1.807) is 0 Å². The summed E-state index contributed by atoms with van der Waals surface area (Å²) in [5.41, 5.74) is 5.81. The molecular weight excluding hydrogens is 580 g/mol. The van der Waals surface area contributed by atoms with Crippen LogP contribution in [0.3, 0.4) is 0 Å². The van der Waals surface area contributed by atoms with Crippen molar-refractivity contribution in [3.8, 4) is 22.3 Å². The Labute approximate surface area is 275 Å². The highest BCUT2D eigenvalue weighted by Crippen LogP contribution is 2.63. The van der Waals surface area contributed by atoms with E-state index in [0.29, 0.717) is 11.1 Å². The molecule has 1 aliphatic heterocycles. The number of benzene rings is 5. The second-order valence-corrected chi connectivity index (χ2v) is 13.7. The molecule has 47 heavy (non-hydrogen) atoms. The third-order valence-corrected chi connectivity index (χ3v) is 10.7. The third kappa shape index (κ3) is 4.09. The Morgan fingerprint density at radius 3 is 1.17 bits per heavy atom. The summed E-state index contributed by atoms with van der Waals surface area (Å²) in [6.07, 6.45) is 3.74. The SMILES string of the molecule is CC1(C)OC2C3C=CC(C4=C3C(O)(c3ccc(-c5ccccc5)cc3)c3ccccc3C4(O)c3ccc(-c4ccccc4)cc3)C2O1. The highest BCUT2D eigenvalue weighted by atomic mass is 16.8. The van der Waals surface area contributed by atoms with Crippen molar-refractivity contribution in [2.24, 2.45) is 11.8 Å². The monoisotopic (exact) mass is 616 g/mol. The minimum atomic E-state index is -1.51. The van der Waals surface area contributed by atoms with Gasteiger partial charge >= 0.3 is 0 Å². The molecule has 2 N–H and O–H groups in total. The summed E-state index contributed by atoms with van der Waals surface area (Å²) in [6, 6.07) is 44.8. The van der Waals surface area contributed by atoms with Crippen LogP contribution in [0.1, 0.15) is 36.1 Å². The maximum atomic E-state index is 13.4. The van der Waals surface area contributed by atoms with Crippen LogP contribution in [0.2, 0.25) is 0 Å². The first kappa shape index (κ1) is 28.6. The van der Waals surface area contributed by atoms with Gasteiger partial charge < -0.3 is 19.7 Å². The van der Waals surface area contributed by atoms with E-state index < -0.39 is 17.0 Å². The van der Waals surface area contributed by atoms with Crippen molar-refractivity contribution < 1.29 is 19.7 Å². The van der Waals surface area contributed by atoms with Crippen molar-refractivity contribution in [3.05, 3.63) is 179 Å². The Kier molecular flexibility index (Phi) is 6.22. The first-order chi connectivity index (χ1) is 22.8. The molecule has 232 valence electrons. The second-order valence-electron chi connectivity index (χ2n) is 13.7. The molecule has 5 aliphatic rings. The highest BCUT2D eigenvalue weighted by Gasteiger charge is 2.64. The molecule has 0 radical (unpaired) electrons. The molecule has 0 aromatic heterocycles. The van der Waals surface area contributed by atoms with E-state index in [1.807, 2.05) is 98.8 Å². The van der Waals surface area contributed by atoms with Gasteiger partial charge in [0.05, 0.1) is 12.2 Å². The number of fused-ring (bicyclic) bond motifs is 1. The van der Waals surface area contributed by atoms with E-state index in [-0.39, 0.29) is 24.0 Å². The molecule has 10 rings (SSSR count). The maximum Gasteiger partial charge on any atom is 0.163 e. The number of hydrogen-bond donors (Lipinski definition) is 2. The van der Waals surface area contributed by atoms with E-state index in [2.05, 4.69) is 60.7 Å². The highest BCUT2D eigenvalue weighted by molar-refractivity contribution is 5.70. The van der Waals surface area contributed by atoms with Gasteiger partial charge in [0.1, 0.15) is 11.2 Å². The van der Waals surface area contributed by atoms with Crippen LogP contribution in [0.15, 0.2) is 157 Å². The topological polar surface area (TPSA) is 58.9 Å². The third-order valence-electron chi connectivity index (χ3n) is 10.7. The predicted molar refractivity (Wildman–Crippen MR) is 183 cm³/mol. The van der Waals surface area contributed by atoms with Crippen LogP contribution in [0.4, 0.5) is 0 Å². The van der Waals surface area contributed by atoms with Crippen molar-refractivity contribution >= 4 is 0 Å². The van der Waals surface area contributed by atoms with Crippen LogP contribution in [-0.4, -0.2) is 28.2 Å². The van der Waals surface area contributed by atoms with Gasteiger partial charge in [0.25, 0.3) is 0 Å². The van der Waals surface area contributed by atoms with Crippen molar-refractivity contribution in [2.45, 2.75) is 43.0 Å². The van der Waals surface area contributed by atoms with Crippen LogP contribution < -0.4 is 0 Å². The van der Waals surface area contributed by atoms with Crippen LogP contribution in [0, 0.1) is 11.8 Å². The molecule has 6 unspecified atom stereocenters. The summed E-state index contributed by atoms with van der Waals surface area (Å²) in [5, 5.41) is 26.8. The molecule has 1 heterocycles. The van der Waals surface area contributed by atoms with E-state index in [9.17, 15) is 10.2 Å². The summed E-state index contributed by atoms with van der Waals surface area (Å²) >= 11 is 0. The average Bonchev–Trinajstić information content (AvgIpc) is 3.48. The number of hydrogen-bond acceptors (Lipinski definition) is 4. The molecule has 4 heteroatoms. The van der Waals surface area contributed by atoms with Crippen LogP contribution in [-0.2, 0) is 20.7 Å². The summed E-state index contributed by atoms with van der Waals surface area (Å²) in [5.74, 6) is -1.39. The van der Waals surface area contributed by atoms with Gasteiger partial charge in [-0.25, -0.2) is 0 Å². The summed E-state index contributed by atoms with van der Waals surface area (Å²) in [4.78, 5) is 0. The molecule has 0 amide bonds. The lowest BCUT2D eigenvalue weighted by molar-refractivity contribution is -0.148. The average molecular weight is 617 g/mol. The molecule has 6 atom stereocenters. The maximum absolute atomic E-state index is 13.4. The lowest BCUT2D eigenvalue weighted by atomic mass is 9.52. The van der Waals surface area contributed by atoms with E-state index >= 15 is 0 Å². The molecule has 0 spiro atoms. The molecule has 5 aromatic carbocycles. The predicted octanol–water partition coefficient (Wildman–Crippen LogP) is 8.14. The standard InChI is InChI=1S/C43H36O4/c1-41(2)46-39-33-25-26-34(40(39)47-41)38-37(33)42(44,31-21-17-29(18-22-31)27-11-5-3-6-12-27)35-15-9-10-16-36(35)43(38,45)32-23-19-30(20-24-32)28-13-7-4-8-14-28/h3-26,33-34,39-40,44-45H,1-2H3. The van der Waals surface area contributed by atoms with Crippen LogP contribution in [0.5, 0.6) is 0 Å². The molecule has 4 aliphatic carbocycles. The molecule has 5 aromatic rings. The van der Waals surface area contributed by atoms with Crippen LogP contribution >= 0.6 is 0 Å². The zero-order chi connectivity index (χ0) is 32.0. The Morgan fingerprint density at radius 1 is 0.447 bits per heavy atom. The van der Waals surface area contributed by atoms with Crippen molar-refractivity contribution in [1.29, 1.82) is 0 Å². The Hall–Kier alpha value is -4.58. The lowest BCUT2D eigenvalue weighted by Gasteiger charge is -2.55. The van der Waals surface area contributed by atoms with Crippen molar-refractivity contribution in [1.82, 2.24) is 0 Å². The zero-order valence-corrected chi connectivity index (χ0v) is 26.4. The van der Waals surface area contributed by atoms with Gasteiger partial charge in [-0.15, -0.1) is 0 Å². The fraction of sp³-hybridized carbons (Fsp3) is 0.209. The van der Waals surface area contributed by atoms with Gasteiger partial charge in [-0.1, -0.05) is 146 Å². The Balaban J connectivity index is 1.27. The van der Waals surface area contributed by atoms with E-state index in [0.717, 1.165) is 44.5 Å². The molecule has 1 fully saturated rings. The molecule has 0 saturated carbocycles. The van der Waals surface area contributed by atoms with Gasteiger partial charge in [0.15, 0.2) is 5.79 Å². The largest absolute Gasteiger partial charge is 0.376 e. The summed E-state index contributed by atoms with van der Waals surface area (Å²) in [6.45, 7) is 3.89. The van der Waals surface area contributed by atoms with E-state index in [4.69, 9.17) is 9.47 Å². The van der Waals surface area contributed by atoms with Gasteiger partial charge in [-0.2, -0.15) is 0 Å². The van der Waals surface area contributed by atoms with Crippen molar-refractivity contribution in [2.75, 3.05) is 0 Å². The van der Waals surface area contributed by atoms with Crippen LogP contribution in [0.25, 0.3) is 22.3 Å². The number of aliphatic hydroxyl groups is 2. The smallest absolute Gasteiger partial charge is 0.163 e. The lowest BCUT2D eigenvalue weighted by Crippen LogP contribution is -2.57. The van der Waals surface area contributed by atoms with Crippen molar-refractivity contribution in [3.63, 3.8) is 0 Å². The quantitative estimate of drug-likeness (QED) is 0.200. The fourth-order valence-electron chi connectivity index (χ4n) is 8.68. The molecule has 1 saturated heterocycles. The molecule has 2 bridgehead atoms. The second kappa shape index (κ2) is 10.2. The summed E-state index contributed by atoms with van der Waals surface area (Å²) in [7, 11) is 0. The van der Waals surface area contributed by atoms with Gasteiger partial charge in [-0.3, -0.25) is 0 Å². The minimum Gasteiger partial charge on any atom is -0.376 e. The number of rotatable bonds is 4. The summed E-state index contributed by atoms with van der Waals surface area (Å²) < 4.78 is 13.1. The van der Waals surface area contributed by atoms with Gasteiger partial charge in [0.2, 0.25) is 0 Å².